The molecule has 1 saturated heterocycles. The van der Waals surface area contributed by atoms with Crippen molar-refractivity contribution in [3.63, 3.8) is 0 Å². The molecule has 1 fully saturated rings. The number of anilines is 2. The summed E-state index contributed by atoms with van der Waals surface area (Å²) in [4.78, 5) is 29.1. The van der Waals surface area contributed by atoms with Crippen molar-refractivity contribution in [1.82, 2.24) is 25.3 Å². The van der Waals surface area contributed by atoms with Gasteiger partial charge in [0.15, 0.2) is 0 Å². The van der Waals surface area contributed by atoms with E-state index in [2.05, 4.69) is 47.6 Å². The normalized spacial score (nSPS) is 15.0. The molecule has 1 aromatic carbocycles. The van der Waals surface area contributed by atoms with Crippen LogP contribution in [0.4, 0.5) is 11.6 Å². The monoisotopic (exact) mass is 325 g/mol. The predicted molar refractivity (Wildman–Crippen MR) is 92.5 cm³/mol. The van der Waals surface area contributed by atoms with Crippen LogP contribution in [-0.2, 0) is 0 Å². The molecule has 0 spiro atoms. The van der Waals surface area contributed by atoms with Crippen molar-refractivity contribution in [1.29, 1.82) is 0 Å². The van der Waals surface area contributed by atoms with Crippen LogP contribution in [0.25, 0.3) is 11.0 Å². The van der Waals surface area contributed by atoms with Crippen molar-refractivity contribution in [2.24, 2.45) is 0 Å². The molecule has 0 radical (unpaired) electrons. The zero-order valence-corrected chi connectivity index (χ0v) is 13.4. The Bertz CT molecular complexity index is 876. The Kier molecular flexibility index (Phi) is 3.66. The van der Waals surface area contributed by atoms with Crippen molar-refractivity contribution < 1.29 is 4.79 Å². The summed E-state index contributed by atoms with van der Waals surface area (Å²) < 4.78 is 0. The van der Waals surface area contributed by atoms with E-state index in [-0.39, 0.29) is 5.91 Å². The standard InChI is InChI=1S/C16H19N7O/c1-10-14(19-9-18-10)15(24)22-16-20-12-3-2-11(8-13(12)21-16)23-6-4-17-5-7-23/h2-3,8-9,17H,4-7H2,1H3,(H,18,19)(H2,20,21,22,24). The number of hydrogen-bond donors (Lipinski definition) is 4. The molecule has 3 heterocycles. The number of piperazine rings is 1. The number of aromatic amines is 2. The fourth-order valence-corrected chi connectivity index (χ4v) is 2.93. The lowest BCUT2D eigenvalue weighted by Crippen LogP contribution is -2.43. The summed E-state index contributed by atoms with van der Waals surface area (Å²) in [6, 6.07) is 6.11. The molecular formula is C16H19N7O. The largest absolute Gasteiger partial charge is 0.369 e. The number of aromatic nitrogens is 4. The predicted octanol–water partition coefficient (Wildman–Crippen LogP) is 1.26. The zero-order valence-electron chi connectivity index (χ0n) is 13.4. The Hall–Kier alpha value is -2.87. The summed E-state index contributed by atoms with van der Waals surface area (Å²) in [5.41, 5.74) is 3.98. The first-order chi connectivity index (χ1) is 11.7. The van der Waals surface area contributed by atoms with E-state index in [0.29, 0.717) is 11.6 Å². The van der Waals surface area contributed by atoms with E-state index in [1.54, 1.807) is 6.92 Å². The van der Waals surface area contributed by atoms with Crippen LogP contribution < -0.4 is 15.5 Å². The molecule has 24 heavy (non-hydrogen) atoms. The van der Waals surface area contributed by atoms with E-state index in [4.69, 9.17) is 0 Å². The number of H-pyrrole nitrogens is 2. The zero-order chi connectivity index (χ0) is 16.5. The van der Waals surface area contributed by atoms with Crippen molar-refractivity contribution in [3.05, 3.63) is 35.9 Å². The van der Waals surface area contributed by atoms with Gasteiger partial charge in [0, 0.05) is 37.6 Å². The van der Waals surface area contributed by atoms with Crippen molar-refractivity contribution in [2.75, 3.05) is 36.4 Å². The molecule has 1 aliphatic heterocycles. The smallest absolute Gasteiger partial charge is 0.278 e. The third-order valence-electron chi connectivity index (χ3n) is 4.22. The van der Waals surface area contributed by atoms with Gasteiger partial charge in [0.25, 0.3) is 5.91 Å². The maximum atomic E-state index is 12.2. The van der Waals surface area contributed by atoms with Crippen molar-refractivity contribution >= 4 is 28.6 Å². The number of nitrogens with one attached hydrogen (secondary N) is 4. The van der Waals surface area contributed by atoms with Gasteiger partial charge in [0.2, 0.25) is 5.95 Å². The number of aryl methyl sites for hydroxylation is 1. The second-order valence-corrected chi connectivity index (χ2v) is 5.85. The van der Waals surface area contributed by atoms with Gasteiger partial charge in [-0.3, -0.25) is 10.1 Å². The van der Waals surface area contributed by atoms with Crippen LogP contribution in [0.1, 0.15) is 16.2 Å². The molecule has 0 saturated carbocycles. The molecule has 4 rings (SSSR count). The Balaban J connectivity index is 1.56. The first kappa shape index (κ1) is 14.7. The Morgan fingerprint density at radius 2 is 2.12 bits per heavy atom. The highest BCUT2D eigenvalue weighted by atomic mass is 16.2. The maximum Gasteiger partial charge on any atom is 0.278 e. The molecule has 1 aliphatic rings. The molecule has 8 heteroatoms. The SMILES string of the molecule is Cc1[nH]cnc1C(=O)Nc1nc2ccc(N3CCNCC3)cc2[nH]1. The summed E-state index contributed by atoms with van der Waals surface area (Å²) in [7, 11) is 0. The number of imidazole rings is 2. The molecule has 0 atom stereocenters. The number of carbonyl (C=O) groups excluding carboxylic acids is 1. The summed E-state index contributed by atoms with van der Waals surface area (Å²) in [6.07, 6.45) is 1.50. The number of carbonyl (C=O) groups is 1. The first-order valence-electron chi connectivity index (χ1n) is 7.97. The summed E-state index contributed by atoms with van der Waals surface area (Å²) in [5.74, 6) is 0.144. The van der Waals surface area contributed by atoms with E-state index >= 15 is 0 Å². The van der Waals surface area contributed by atoms with Crippen LogP contribution in [-0.4, -0.2) is 52.0 Å². The van der Waals surface area contributed by atoms with Crippen LogP contribution >= 0.6 is 0 Å². The average molecular weight is 325 g/mol. The molecule has 0 unspecified atom stereocenters. The molecule has 0 bridgehead atoms. The van der Waals surface area contributed by atoms with Crippen LogP contribution in [0.15, 0.2) is 24.5 Å². The van der Waals surface area contributed by atoms with Crippen molar-refractivity contribution in [2.45, 2.75) is 6.92 Å². The maximum absolute atomic E-state index is 12.2. The van der Waals surface area contributed by atoms with Crippen LogP contribution in [0.3, 0.4) is 0 Å². The minimum absolute atomic E-state index is 0.282. The highest BCUT2D eigenvalue weighted by molar-refractivity contribution is 6.03. The van der Waals surface area contributed by atoms with E-state index in [1.807, 2.05) is 6.07 Å². The van der Waals surface area contributed by atoms with Gasteiger partial charge in [-0.2, -0.15) is 0 Å². The lowest BCUT2D eigenvalue weighted by atomic mass is 10.2. The van der Waals surface area contributed by atoms with Gasteiger partial charge in [0.05, 0.1) is 17.4 Å². The quantitative estimate of drug-likeness (QED) is 0.581. The minimum atomic E-state index is -0.282. The highest BCUT2D eigenvalue weighted by Crippen LogP contribution is 2.22. The van der Waals surface area contributed by atoms with Crippen LogP contribution in [0, 0.1) is 6.92 Å². The summed E-state index contributed by atoms with van der Waals surface area (Å²) in [5, 5.41) is 6.11. The second kappa shape index (κ2) is 5.97. The van der Waals surface area contributed by atoms with E-state index in [1.165, 1.54) is 6.33 Å². The van der Waals surface area contributed by atoms with Gasteiger partial charge in [-0.15, -0.1) is 0 Å². The number of fused-ring (bicyclic) bond motifs is 1. The number of benzene rings is 1. The van der Waals surface area contributed by atoms with E-state index in [9.17, 15) is 4.79 Å². The van der Waals surface area contributed by atoms with E-state index < -0.39 is 0 Å². The molecule has 4 N–H and O–H groups in total. The number of amides is 1. The lowest BCUT2D eigenvalue weighted by molar-refractivity contribution is 0.102. The summed E-state index contributed by atoms with van der Waals surface area (Å²) in [6.45, 7) is 5.76. The number of hydrogen-bond acceptors (Lipinski definition) is 5. The first-order valence-corrected chi connectivity index (χ1v) is 7.97. The second-order valence-electron chi connectivity index (χ2n) is 5.85. The number of nitrogens with zero attached hydrogens (tertiary/aromatic N) is 3. The van der Waals surface area contributed by atoms with Crippen LogP contribution in [0.2, 0.25) is 0 Å². The minimum Gasteiger partial charge on any atom is -0.369 e. The molecule has 124 valence electrons. The van der Waals surface area contributed by atoms with E-state index in [0.717, 1.165) is 48.6 Å². The molecule has 8 nitrogen and oxygen atoms in total. The third-order valence-corrected chi connectivity index (χ3v) is 4.22. The van der Waals surface area contributed by atoms with Gasteiger partial charge >= 0.3 is 0 Å². The summed E-state index contributed by atoms with van der Waals surface area (Å²) >= 11 is 0. The molecular weight excluding hydrogens is 306 g/mol. The molecule has 0 aliphatic carbocycles. The molecule has 2 aromatic heterocycles. The Morgan fingerprint density at radius 1 is 1.29 bits per heavy atom. The van der Waals surface area contributed by atoms with Crippen molar-refractivity contribution in [3.8, 4) is 0 Å². The third kappa shape index (κ3) is 2.71. The lowest BCUT2D eigenvalue weighted by Gasteiger charge is -2.29. The molecule has 3 aromatic rings. The Morgan fingerprint density at radius 3 is 2.88 bits per heavy atom. The fourth-order valence-electron chi connectivity index (χ4n) is 2.93. The Labute approximate surface area is 138 Å². The number of rotatable bonds is 3. The molecule has 1 amide bonds. The average Bonchev–Trinajstić information content (AvgIpc) is 3.20. The van der Waals surface area contributed by atoms with Gasteiger partial charge in [-0.25, -0.2) is 9.97 Å². The fraction of sp³-hybridized carbons (Fsp3) is 0.312. The highest BCUT2D eigenvalue weighted by Gasteiger charge is 2.15. The topological polar surface area (TPSA) is 102 Å². The van der Waals surface area contributed by atoms with Gasteiger partial charge in [-0.05, 0) is 25.1 Å². The van der Waals surface area contributed by atoms with Gasteiger partial charge in [0.1, 0.15) is 5.69 Å². The van der Waals surface area contributed by atoms with Crippen LogP contribution in [0.5, 0.6) is 0 Å². The van der Waals surface area contributed by atoms with Gasteiger partial charge < -0.3 is 20.2 Å². The van der Waals surface area contributed by atoms with Gasteiger partial charge in [-0.1, -0.05) is 0 Å².